The van der Waals surface area contributed by atoms with E-state index in [4.69, 9.17) is 0 Å². The molecule has 11 heteroatoms. The molecule has 3 heterocycles. The summed E-state index contributed by atoms with van der Waals surface area (Å²) < 4.78 is 42.2. The van der Waals surface area contributed by atoms with E-state index in [1.54, 1.807) is 30.3 Å². The van der Waals surface area contributed by atoms with Crippen molar-refractivity contribution in [1.29, 1.82) is 5.26 Å². The van der Waals surface area contributed by atoms with Crippen molar-refractivity contribution in [1.82, 2.24) is 14.8 Å². The monoisotopic (exact) mass is 571 g/mol. The van der Waals surface area contributed by atoms with Crippen molar-refractivity contribution in [3.63, 3.8) is 0 Å². The number of nitrogens with one attached hydrogen (secondary N) is 2. The van der Waals surface area contributed by atoms with Crippen molar-refractivity contribution in [2.75, 3.05) is 18.9 Å². The molecule has 0 unspecified atom stereocenters. The average Bonchev–Trinajstić information content (AvgIpc) is 3.65. The minimum atomic E-state index is -1.22. The number of amides is 3. The molecule has 0 aliphatic carbocycles. The molecule has 0 radical (unpaired) electrons. The number of hydrogen-bond acceptors (Lipinski definition) is 4. The summed E-state index contributed by atoms with van der Waals surface area (Å²) in [6.45, 7) is -0.0918. The number of nitriles is 1. The second kappa shape index (κ2) is 10.1. The first-order chi connectivity index (χ1) is 20.1. The molecular formula is C31H24F3N5O3. The van der Waals surface area contributed by atoms with Crippen molar-refractivity contribution in [2.45, 2.75) is 30.3 Å². The highest BCUT2D eigenvalue weighted by Crippen LogP contribution is 2.46. The van der Waals surface area contributed by atoms with E-state index in [1.807, 2.05) is 0 Å². The Morgan fingerprint density at radius 2 is 1.88 bits per heavy atom. The maximum atomic E-state index is 14.4. The molecule has 4 aromatic rings. The van der Waals surface area contributed by atoms with Crippen LogP contribution < -0.4 is 5.32 Å². The van der Waals surface area contributed by atoms with E-state index < -0.39 is 46.8 Å². The molecule has 3 atom stereocenters. The summed E-state index contributed by atoms with van der Waals surface area (Å²) in [5.41, 5.74) is 0.548. The summed E-state index contributed by atoms with van der Waals surface area (Å²) >= 11 is 0. The van der Waals surface area contributed by atoms with Crippen LogP contribution in [0.15, 0.2) is 66.7 Å². The molecule has 1 saturated heterocycles. The highest BCUT2D eigenvalue weighted by Gasteiger charge is 2.56. The number of para-hydroxylation sites is 1. The molecule has 3 aromatic carbocycles. The van der Waals surface area contributed by atoms with Crippen LogP contribution in [0.3, 0.4) is 0 Å². The van der Waals surface area contributed by atoms with Crippen molar-refractivity contribution in [2.24, 2.45) is 0 Å². The fraction of sp³-hybridized carbons (Fsp3) is 0.226. The lowest BCUT2D eigenvalue weighted by atomic mass is 9.80. The molecule has 1 fully saturated rings. The Labute approximate surface area is 238 Å². The molecule has 3 amide bonds. The number of hydrogen-bond donors (Lipinski definition) is 2. The summed E-state index contributed by atoms with van der Waals surface area (Å²) in [5.74, 6) is -3.84. The normalized spacial score (nSPS) is 19.9. The van der Waals surface area contributed by atoms with Gasteiger partial charge in [0.25, 0.3) is 5.91 Å². The van der Waals surface area contributed by atoms with Crippen LogP contribution in [0.5, 0.6) is 0 Å². The standard InChI is InChI=1S/C31H24F3N5O3/c1-38(28(40)26-13-21-23(34)11-19(33)12-25(21)36-26)27(10-17-5-4-6-18(32)9-17)29(41)39-16-31(14-20(39)15-35)22-7-2-3-8-24(22)37-30(31)42/h2-9,11-13,20,27,36H,10,14,16H2,1H3,(H,37,42)/t20-,27-,31-/m0/s1. The number of rotatable bonds is 5. The lowest BCUT2D eigenvalue weighted by Crippen LogP contribution is -2.52. The smallest absolute Gasteiger partial charge is 0.270 e. The van der Waals surface area contributed by atoms with E-state index in [0.29, 0.717) is 22.9 Å². The predicted octanol–water partition coefficient (Wildman–Crippen LogP) is 4.28. The van der Waals surface area contributed by atoms with Crippen LogP contribution in [0.1, 0.15) is 28.0 Å². The highest BCUT2D eigenvalue weighted by atomic mass is 19.1. The van der Waals surface area contributed by atoms with Crippen LogP contribution in [-0.2, 0) is 21.4 Å². The lowest BCUT2D eigenvalue weighted by Gasteiger charge is -2.32. The number of anilines is 1. The van der Waals surface area contributed by atoms with E-state index in [0.717, 1.165) is 11.0 Å². The van der Waals surface area contributed by atoms with Crippen LogP contribution in [-0.4, -0.2) is 58.2 Å². The number of nitrogens with zero attached hydrogens (tertiary/aromatic N) is 3. The predicted molar refractivity (Wildman–Crippen MR) is 147 cm³/mol. The van der Waals surface area contributed by atoms with Crippen molar-refractivity contribution >= 4 is 34.3 Å². The number of likely N-dealkylation sites (N-methyl/N-ethyl adjacent to an activating group) is 1. The first-order valence-corrected chi connectivity index (χ1v) is 13.2. The molecule has 8 nitrogen and oxygen atoms in total. The Kier molecular flexibility index (Phi) is 6.49. The van der Waals surface area contributed by atoms with Gasteiger partial charge in [0.1, 0.15) is 35.2 Å². The van der Waals surface area contributed by atoms with Crippen molar-refractivity contribution in [3.05, 3.63) is 101 Å². The molecule has 6 rings (SSSR count). The molecule has 2 aliphatic rings. The van der Waals surface area contributed by atoms with E-state index in [1.165, 1.54) is 36.2 Å². The van der Waals surface area contributed by atoms with Gasteiger partial charge in [-0.1, -0.05) is 30.3 Å². The van der Waals surface area contributed by atoms with E-state index in [9.17, 15) is 32.8 Å². The van der Waals surface area contributed by atoms with Crippen molar-refractivity contribution < 1.29 is 27.6 Å². The first kappa shape index (κ1) is 27.1. The number of carbonyl (C=O) groups excluding carboxylic acids is 3. The molecule has 2 N–H and O–H groups in total. The molecule has 1 aromatic heterocycles. The number of fused-ring (bicyclic) bond motifs is 3. The summed E-state index contributed by atoms with van der Waals surface area (Å²) in [5, 5.41) is 12.9. The van der Waals surface area contributed by atoms with Gasteiger partial charge in [-0.2, -0.15) is 5.26 Å². The van der Waals surface area contributed by atoms with Gasteiger partial charge in [0.05, 0.1) is 17.0 Å². The first-order valence-electron chi connectivity index (χ1n) is 13.2. The Balaban J connectivity index is 1.37. The SMILES string of the molecule is CN(C(=O)c1cc2c(F)cc(F)cc2[nH]1)[C@@H](Cc1cccc(F)c1)C(=O)N1C[C@]2(C[C@H]1C#N)C(=O)Nc1ccccc12. The van der Waals surface area contributed by atoms with Crippen LogP contribution in [0, 0.1) is 28.8 Å². The van der Waals surface area contributed by atoms with Gasteiger partial charge in [-0.3, -0.25) is 14.4 Å². The Bertz CT molecular complexity index is 1820. The van der Waals surface area contributed by atoms with E-state index >= 15 is 0 Å². The molecule has 0 saturated carbocycles. The number of aromatic amines is 1. The van der Waals surface area contributed by atoms with E-state index in [2.05, 4.69) is 16.4 Å². The fourth-order valence-corrected chi connectivity index (χ4v) is 6.06. The number of halogens is 3. The Hall–Kier alpha value is -5.11. The maximum absolute atomic E-state index is 14.4. The van der Waals surface area contributed by atoms with E-state index in [-0.39, 0.29) is 41.9 Å². The van der Waals surface area contributed by atoms with Gasteiger partial charge in [-0.05, 0) is 41.5 Å². The van der Waals surface area contributed by atoms with Gasteiger partial charge in [0.2, 0.25) is 11.8 Å². The van der Waals surface area contributed by atoms with Gasteiger partial charge in [-0.25, -0.2) is 13.2 Å². The molecular weight excluding hydrogens is 547 g/mol. The summed E-state index contributed by atoms with van der Waals surface area (Å²) in [6, 6.07) is 15.6. The highest BCUT2D eigenvalue weighted by molar-refractivity contribution is 6.07. The second-order valence-electron chi connectivity index (χ2n) is 10.7. The minimum absolute atomic E-state index is 0.00176. The third-order valence-electron chi connectivity index (χ3n) is 8.19. The van der Waals surface area contributed by atoms with Crippen LogP contribution >= 0.6 is 0 Å². The molecule has 2 aliphatic heterocycles. The number of carbonyl (C=O) groups is 3. The fourth-order valence-electron chi connectivity index (χ4n) is 6.06. The van der Waals surface area contributed by atoms with Crippen LogP contribution in [0.2, 0.25) is 0 Å². The zero-order valence-corrected chi connectivity index (χ0v) is 22.3. The quantitative estimate of drug-likeness (QED) is 0.373. The number of likely N-dealkylation sites (tertiary alicyclic amines) is 1. The molecule has 1 spiro atoms. The summed E-state index contributed by atoms with van der Waals surface area (Å²) in [7, 11) is 1.37. The number of aromatic nitrogens is 1. The van der Waals surface area contributed by atoms with Gasteiger partial charge in [-0.15, -0.1) is 0 Å². The molecule has 0 bridgehead atoms. The van der Waals surface area contributed by atoms with Crippen LogP contribution in [0.25, 0.3) is 10.9 Å². The van der Waals surface area contributed by atoms with Gasteiger partial charge >= 0.3 is 0 Å². The van der Waals surface area contributed by atoms with Crippen LogP contribution in [0.4, 0.5) is 18.9 Å². The summed E-state index contributed by atoms with van der Waals surface area (Å²) in [4.78, 5) is 46.3. The number of benzene rings is 3. The lowest BCUT2D eigenvalue weighted by molar-refractivity contribution is -0.136. The third-order valence-corrected chi connectivity index (χ3v) is 8.19. The molecule has 42 heavy (non-hydrogen) atoms. The second-order valence-corrected chi connectivity index (χ2v) is 10.7. The average molecular weight is 572 g/mol. The Morgan fingerprint density at radius 1 is 1.10 bits per heavy atom. The third kappa shape index (κ3) is 4.36. The topological polar surface area (TPSA) is 109 Å². The van der Waals surface area contributed by atoms with Gasteiger partial charge < -0.3 is 20.1 Å². The number of H-pyrrole nitrogens is 1. The zero-order chi connectivity index (χ0) is 29.8. The largest absolute Gasteiger partial charge is 0.350 e. The van der Waals surface area contributed by atoms with Gasteiger partial charge in [0, 0.05) is 43.6 Å². The van der Waals surface area contributed by atoms with Crippen molar-refractivity contribution in [3.8, 4) is 6.07 Å². The van der Waals surface area contributed by atoms with Gasteiger partial charge in [0.15, 0.2) is 0 Å². The zero-order valence-electron chi connectivity index (χ0n) is 22.3. The maximum Gasteiger partial charge on any atom is 0.270 e. The Morgan fingerprint density at radius 3 is 2.64 bits per heavy atom. The molecule has 212 valence electrons. The summed E-state index contributed by atoms with van der Waals surface area (Å²) in [6.07, 6.45) is -0.0399. The minimum Gasteiger partial charge on any atom is -0.350 e.